The zero-order valence-corrected chi connectivity index (χ0v) is 30.2. The summed E-state index contributed by atoms with van der Waals surface area (Å²) in [5, 5.41) is 4.50. The number of rotatable bonds is 6. The summed E-state index contributed by atoms with van der Waals surface area (Å²) in [4.78, 5) is 15.6. The zero-order chi connectivity index (χ0) is 37.0. The van der Waals surface area contributed by atoms with Crippen LogP contribution in [0.25, 0.3) is 106 Å². The third-order valence-electron chi connectivity index (χ3n) is 10.7. The summed E-state index contributed by atoms with van der Waals surface area (Å²) in [5.41, 5.74) is 12.0. The molecule has 0 aliphatic rings. The summed E-state index contributed by atoms with van der Waals surface area (Å²) in [6.45, 7) is 0. The van der Waals surface area contributed by atoms with Gasteiger partial charge in [0.25, 0.3) is 0 Å². The minimum atomic E-state index is 0.571. The van der Waals surface area contributed by atoms with Gasteiger partial charge in [-0.25, -0.2) is 15.0 Å². The van der Waals surface area contributed by atoms with Crippen molar-refractivity contribution < 1.29 is 4.42 Å². The Kier molecular flexibility index (Phi) is 7.42. The van der Waals surface area contributed by atoms with Gasteiger partial charge >= 0.3 is 0 Å². The quantitative estimate of drug-likeness (QED) is 0.172. The molecule has 0 amide bonds. The lowest BCUT2D eigenvalue weighted by Crippen LogP contribution is -2.04. The summed E-state index contributed by atoms with van der Waals surface area (Å²) in [6.07, 6.45) is 0. The highest BCUT2D eigenvalue weighted by molar-refractivity contribution is 6.14. The van der Waals surface area contributed by atoms with Crippen molar-refractivity contribution in [2.24, 2.45) is 0 Å². The van der Waals surface area contributed by atoms with Crippen LogP contribution in [0.5, 0.6) is 0 Å². The smallest absolute Gasteiger partial charge is 0.166 e. The number of hydrogen-bond acceptors (Lipinski definition) is 4. The summed E-state index contributed by atoms with van der Waals surface area (Å²) in [7, 11) is 0. The summed E-state index contributed by atoms with van der Waals surface area (Å²) >= 11 is 0. The number of nitrogens with zero attached hydrogens (tertiary/aromatic N) is 4. The van der Waals surface area contributed by atoms with Gasteiger partial charge in [-0.1, -0.05) is 158 Å². The molecule has 11 aromatic rings. The second-order valence-corrected chi connectivity index (χ2v) is 14.0. The van der Waals surface area contributed by atoms with E-state index in [1.807, 2.05) is 54.6 Å². The first-order valence-electron chi connectivity index (χ1n) is 18.8. The molecule has 3 aromatic heterocycles. The number of fused-ring (bicyclic) bond motifs is 6. The maximum Gasteiger partial charge on any atom is 0.166 e. The number of furan rings is 1. The van der Waals surface area contributed by atoms with Crippen molar-refractivity contribution in [2.75, 3.05) is 0 Å². The van der Waals surface area contributed by atoms with Gasteiger partial charge in [-0.2, -0.15) is 0 Å². The van der Waals surface area contributed by atoms with Crippen LogP contribution >= 0.6 is 0 Å². The molecule has 11 rings (SSSR count). The molecule has 0 aliphatic heterocycles. The Hall–Kier alpha value is -7.63. The topological polar surface area (TPSA) is 56.7 Å². The van der Waals surface area contributed by atoms with Crippen LogP contribution in [0.3, 0.4) is 0 Å². The van der Waals surface area contributed by atoms with Crippen LogP contribution in [0.15, 0.2) is 199 Å². The van der Waals surface area contributed by atoms with Crippen LogP contribution in [-0.4, -0.2) is 19.5 Å². The average Bonchev–Trinajstić information content (AvgIpc) is 3.82. The average molecular weight is 717 g/mol. The predicted octanol–water partition coefficient (Wildman–Crippen LogP) is 13.2. The number of benzene rings is 8. The molecular formula is C51H32N4O. The molecule has 0 saturated carbocycles. The van der Waals surface area contributed by atoms with E-state index in [4.69, 9.17) is 19.4 Å². The SMILES string of the molecule is c1ccc(-c2ccc(-c3nc(-c4ccccc4)nc(-c4ccc5c(c4)oc4ccccc45)n3)c(-n3c4ccccc4c4cccc(-c5ccccc5)c43)c2)cc1. The van der Waals surface area contributed by atoms with E-state index in [2.05, 4.69) is 144 Å². The fraction of sp³-hybridized carbons (Fsp3) is 0. The highest BCUT2D eigenvalue weighted by Crippen LogP contribution is 2.42. The lowest BCUT2D eigenvalue weighted by molar-refractivity contribution is 0.669. The lowest BCUT2D eigenvalue weighted by Gasteiger charge is -2.18. The molecule has 8 aromatic carbocycles. The molecule has 5 heteroatoms. The maximum absolute atomic E-state index is 6.32. The molecule has 0 fully saturated rings. The monoisotopic (exact) mass is 716 g/mol. The van der Waals surface area contributed by atoms with E-state index in [0.717, 1.165) is 77.6 Å². The second kappa shape index (κ2) is 13.0. The van der Waals surface area contributed by atoms with Gasteiger partial charge in [0.15, 0.2) is 17.5 Å². The van der Waals surface area contributed by atoms with E-state index < -0.39 is 0 Å². The third kappa shape index (κ3) is 5.29. The van der Waals surface area contributed by atoms with Crippen LogP contribution in [0.4, 0.5) is 0 Å². The first kappa shape index (κ1) is 31.9. The molecule has 56 heavy (non-hydrogen) atoms. The molecular weight excluding hydrogens is 685 g/mol. The summed E-state index contributed by atoms with van der Waals surface area (Å²) in [6, 6.07) is 67.5. The van der Waals surface area contributed by atoms with Gasteiger partial charge in [-0.3, -0.25) is 0 Å². The third-order valence-corrected chi connectivity index (χ3v) is 10.7. The van der Waals surface area contributed by atoms with Gasteiger partial charge in [-0.15, -0.1) is 0 Å². The maximum atomic E-state index is 6.32. The number of para-hydroxylation sites is 3. The Morgan fingerprint density at radius 2 is 0.929 bits per heavy atom. The zero-order valence-electron chi connectivity index (χ0n) is 30.2. The number of aromatic nitrogens is 4. The van der Waals surface area contributed by atoms with Crippen molar-refractivity contribution in [3.8, 4) is 62.1 Å². The molecule has 0 aliphatic carbocycles. The highest BCUT2D eigenvalue weighted by atomic mass is 16.3. The summed E-state index contributed by atoms with van der Waals surface area (Å²) < 4.78 is 8.73. The van der Waals surface area contributed by atoms with E-state index in [1.165, 1.54) is 10.8 Å². The molecule has 0 N–H and O–H groups in total. The molecule has 0 bridgehead atoms. The fourth-order valence-corrected chi connectivity index (χ4v) is 8.04. The van der Waals surface area contributed by atoms with E-state index in [-0.39, 0.29) is 0 Å². The van der Waals surface area contributed by atoms with Crippen LogP contribution < -0.4 is 0 Å². The molecule has 5 nitrogen and oxygen atoms in total. The first-order valence-corrected chi connectivity index (χ1v) is 18.8. The van der Waals surface area contributed by atoms with Gasteiger partial charge in [0.05, 0.1) is 16.7 Å². The highest BCUT2D eigenvalue weighted by Gasteiger charge is 2.22. The molecule has 0 atom stereocenters. The van der Waals surface area contributed by atoms with Crippen LogP contribution in [0.2, 0.25) is 0 Å². The minimum absolute atomic E-state index is 0.571. The summed E-state index contributed by atoms with van der Waals surface area (Å²) in [5.74, 6) is 1.75. The first-order chi connectivity index (χ1) is 27.8. The Balaban J connectivity index is 1.21. The van der Waals surface area contributed by atoms with Crippen LogP contribution in [-0.2, 0) is 0 Å². The van der Waals surface area contributed by atoms with Crippen LogP contribution in [0, 0.1) is 0 Å². The minimum Gasteiger partial charge on any atom is -0.456 e. The van der Waals surface area contributed by atoms with Gasteiger partial charge in [-0.05, 0) is 53.1 Å². The van der Waals surface area contributed by atoms with Crippen molar-refractivity contribution in [2.45, 2.75) is 0 Å². The number of hydrogen-bond donors (Lipinski definition) is 0. The molecule has 0 radical (unpaired) electrons. The predicted molar refractivity (Wildman–Crippen MR) is 229 cm³/mol. The molecule has 0 spiro atoms. The fourth-order valence-electron chi connectivity index (χ4n) is 8.04. The lowest BCUT2D eigenvalue weighted by atomic mass is 10.00. The van der Waals surface area contributed by atoms with E-state index in [9.17, 15) is 0 Å². The van der Waals surface area contributed by atoms with Crippen LogP contribution in [0.1, 0.15) is 0 Å². The second-order valence-electron chi connectivity index (χ2n) is 14.0. The Labute approximate surface area is 322 Å². The van der Waals surface area contributed by atoms with Crippen molar-refractivity contribution in [1.29, 1.82) is 0 Å². The van der Waals surface area contributed by atoms with E-state index in [1.54, 1.807) is 0 Å². The van der Waals surface area contributed by atoms with Gasteiger partial charge in [0.1, 0.15) is 11.2 Å². The van der Waals surface area contributed by atoms with E-state index >= 15 is 0 Å². The van der Waals surface area contributed by atoms with Gasteiger partial charge in [0, 0.05) is 43.8 Å². The van der Waals surface area contributed by atoms with Crippen molar-refractivity contribution in [3.05, 3.63) is 194 Å². The Morgan fingerprint density at radius 3 is 1.71 bits per heavy atom. The molecule has 0 saturated heterocycles. The van der Waals surface area contributed by atoms with Crippen molar-refractivity contribution >= 4 is 43.7 Å². The van der Waals surface area contributed by atoms with Gasteiger partial charge in [0.2, 0.25) is 0 Å². The van der Waals surface area contributed by atoms with E-state index in [0.29, 0.717) is 17.5 Å². The normalized spacial score (nSPS) is 11.6. The van der Waals surface area contributed by atoms with Crippen molar-refractivity contribution in [1.82, 2.24) is 19.5 Å². The molecule has 0 unspecified atom stereocenters. The van der Waals surface area contributed by atoms with Crippen molar-refractivity contribution in [3.63, 3.8) is 0 Å². The van der Waals surface area contributed by atoms with Gasteiger partial charge < -0.3 is 8.98 Å². The Bertz CT molecular complexity index is 3240. The Morgan fingerprint density at radius 1 is 0.339 bits per heavy atom. The standard InChI is InChI=1S/C51H32N4O/c1-4-15-33(16-5-1)36-27-30-43(45(31-36)55-44-25-12-10-21-39(44)42-24-14-23-38(48(42)55)34-17-6-2-7-18-34)51-53-49(35-19-8-3-9-20-35)52-50(54-51)37-28-29-41-40-22-11-13-26-46(40)56-47(41)32-37/h1-32H. The molecule has 3 heterocycles. The molecule has 262 valence electrons. The largest absolute Gasteiger partial charge is 0.456 e.